The third-order valence-electron chi connectivity index (χ3n) is 23.5. The number of hydrogen-bond acceptors (Lipinski definition) is 24. The number of nitrogens with zero attached hydrogens (tertiary/aromatic N) is 8. The molecule has 4 saturated carbocycles. The topological polar surface area (TPSA) is 434 Å². The molecular formula is C80H100N12O20S2. The average Bonchev–Trinajstić information content (AvgIpc) is 0.939. The Hall–Kier alpha value is -9.36. The number of ether oxygens (including phenoxy) is 4. The van der Waals surface area contributed by atoms with Crippen molar-refractivity contribution in [1.82, 2.24) is 45.1 Å². The largest absolute Gasteiger partial charge is 0.479 e. The molecule has 4 aliphatic carbocycles. The number of carbonyl (C=O) groups is 8. The first-order chi connectivity index (χ1) is 54.1. The van der Waals surface area contributed by atoms with Gasteiger partial charge in [0.05, 0.1) is 66.3 Å². The molecule has 3 aromatic carbocycles. The van der Waals surface area contributed by atoms with Crippen LogP contribution >= 0.6 is 11.3 Å². The van der Waals surface area contributed by atoms with Crippen LogP contribution < -0.4 is 26.2 Å². The highest BCUT2D eigenvalue weighted by atomic mass is 32.2. The van der Waals surface area contributed by atoms with Gasteiger partial charge in [-0.25, -0.2) is 24.4 Å². The van der Waals surface area contributed by atoms with Crippen molar-refractivity contribution in [2.75, 3.05) is 80.9 Å². The van der Waals surface area contributed by atoms with Crippen molar-refractivity contribution < 1.29 is 95.8 Å². The Kier molecular flexibility index (Phi) is 24.2. The van der Waals surface area contributed by atoms with Gasteiger partial charge in [-0.15, -0.1) is 0 Å². The van der Waals surface area contributed by atoms with Crippen LogP contribution in [0.3, 0.4) is 0 Å². The number of aliphatic carboxylic acids is 1. The molecule has 3 aromatic heterocycles. The number of amides is 6. The number of aromatic carboxylic acids is 1. The fraction of sp³-hybridized carbons (Fsp3) is 0.537. The number of nitrogens with one attached hydrogen (secondary N) is 4. The SMILES string of the molecule is Cc1c(-c2ccc(N3CCc4cccc(C(=O)Nc5nc6ccccc6s5)c4C3)nc2C(=O)O)cnn1CC12CC3(C)CC(C)(C1)CC(OCCN(C)C(=O)OCc1ccc(NC[C@H](C)NC[C@@H](NC(=O)CN4C(=O)[C@@H](N5C(=O)C=CC5=O)C[C@H]4COCCS(=O)(=O)O)C(C)C)cc1CC[C@@H]1O[C@H](C(=O)O)[C@@H](O)[C@H](O)[C@H]1O)(C3)C2. The average molecular weight is 1610 g/mol. The quantitative estimate of drug-likeness (QED) is 0.0129. The molecule has 32 nitrogen and oxygen atoms in total. The van der Waals surface area contributed by atoms with E-state index in [0.717, 1.165) is 82.6 Å². The Morgan fingerprint density at radius 3 is 2.30 bits per heavy atom. The number of hydrogen-bond donors (Lipinski definition) is 10. The van der Waals surface area contributed by atoms with Crippen molar-refractivity contribution >= 4 is 95.9 Å². The Morgan fingerprint density at radius 2 is 1.59 bits per heavy atom. The Labute approximate surface area is 663 Å². The molecule has 6 fully saturated rings. The van der Waals surface area contributed by atoms with E-state index in [0.29, 0.717) is 77.1 Å². The zero-order valence-electron chi connectivity index (χ0n) is 64.8. The van der Waals surface area contributed by atoms with Crippen molar-refractivity contribution in [3.8, 4) is 11.1 Å². The first kappa shape index (κ1) is 82.6. The molecule has 114 heavy (non-hydrogen) atoms. The summed E-state index contributed by atoms with van der Waals surface area (Å²) < 4.78 is 59.0. The zero-order valence-corrected chi connectivity index (χ0v) is 66.4. The summed E-state index contributed by atoms with van der Waals surface area (Å²) in [6.07, 6.45) is 0.896. The lowest BCUT2D eigenvalue weighted by molar-refractivity contribution is -0.248. The van der Waals surface area contributed by atoms with E-state index >= 15 is 0 Å². The standard InChI is InChI=1S/C80H100N12O20S2/c1-45(2)58(84-63(93)35-90-52(37-109-27-28-114(106,107)108)30-59(72(90)100)92-64(94)21-22-65(92)95)33-81-46(3)31-82-51-17-15-50(49(29-51)16-19-60-67(96)68(97)69(98)70(112-60)74(103)104)36-110-76(105)88(7)25-26-111-80-41-77(5)38-78(6,42-80)40-79(39-77,43-80)44-91-47(4)55(32-83-91)53-18-20-62(86-66(53)73(101)102)89-24-23-48-11-10-12-54(56(48)34-89)71(99)87-75-85-57-13-8-9-14-61(57)113-75/h8-15,17-18,20-22,29,32,45-46,52,58-60,67-70,81-82,96-98H,16,19,23-28,30-31,33-44H2,1-7H3,(H,84,93)(H,101,102)(H,103,104)(H,85,87,99)(H,106,107,108)/t46-,52-,58+,59-,60-,67-,68+,69-,70-,77?,78?,79?,80?/m0/s1. The van der Waals surface area contributed by atoms with E-state index in [9.17, 15) is 76.9 Å². The number of aliphatic hydroxyl groups excluding tert-OH is 3. The molecule has 8 aliphatic rings. The molecule has 2 saturated heterocycles. The lowest BCUT2D eigenvalue weighted by Crippen LogP contribution is -2.64. The molecule has 34 heteroatoms. The first-order valence-electron chi connectivity index (χ1n) is 38.6. The molecular weight excluding hydrogens is 1510 g/mol. The Bertz CT molecular complexity index is 4770. The van der Waals surface area contributed by atoms with Gasteiger partial charge in [0.15, 0.2) is 16.9 Å². The normalized spacial score (nSPS) is 26.3. The van der Waals surface area contributed by atoms with Crippen molar-refractivity contribution in [2.24, 2.45) is 22.2 Å². The molecule has 6 amide bonds. The van der Waals surface area contributed by atoms with Gasteiger partial charge in [0, 0.05) is 105 Å². The number of benzene rings is 3. The van der Waals surface area contributed by atoms with E-state index in [4.69, 9.17) is 29.0 Å². The first-order valence-corrected chi connectivity index (χ1v) is 41.0. The number of anilines is 3. The molecule has 4 aliphatic heterocycles. The van der Waals surface area contributed by atoms with Gasteiger partial charge in [0.25, 0.3) is 27.8 Å². The molecule has 11 atom stereocenters. The van der Waals surface area contributed by atoms with E-state index in [1.807, 2.05) is 85.8 Å². The van der Waals surface area contributed by atoms with Crippen LogP contribution in [0, 0.1) is 29.1 Å². The van der Waals surface area contributed by atoms with Gasteiger partial charge < -0.3 is 75.1 Å². The number of aryl methyl sites for hydroxylation is 1. The fourth-order valence-corrected chi connectivity index (χ4v) is 20.2. The van der Waals surface area contributed by atoms with Gasteiger partial charge in [-0.2, -0.15) is 13.5 Å². The van der Waals surface area contributed by atoms with Crippen molar-refractivity contribution in [3.05, 3.63) is 130 Å². The minimum atomic E-state index is -4.36. The van der Waals surface area contributed by atoms with Crippen LogP contribution in [0.1, 0.15) is 135 Å². The van der Waals surface area contributed by atoms with Gasteiger partial charge in [0.2, 0.25) is 11.8 Å². The number of para-hydroxylation sites is 1. The van der Waals surface area contributed by atoms with Crippen LogP contribution in [-0.4, -0.2) is 246 Å². The fourth-order valence-electron chi connectivity index (χ4n) is 19.0. The van der Waals surface area contributed by atoms with Crippen molar-refractivity contribution in [3.63, 3.8) is 0 Å². The maximum Gasteiger partial charge on any atom is 0.409 e. The number of imide groups is 1. The van der Waals surface area contributed by atoms with E-state index in [1.165, 1.54) is 21.1 Å². The number of carbonyl (C=O) groups excluding carboxylic acids is 6. The third kappa shape index (κ3) is 18.3. The van der Waals surface area contributed by atoms with Gasteiger partial charge in [-0.3, -0.25) is 43.4 Å². The summed E-state index contributed by atoms with van der Waals surface area (Å²) in [6, 6.07) is 19.7. The molecule has 10 N–H and O–H groups in total. The number of likely N-dealkylation sites (tertiary alicyclic amines) is 1. The number of likely N-dealkylation sites (N-methyl/N-ethyl adjacent to an activating group) is 1. The van der Waals surface area contributed by atoms with E-state index in [2.05, 4.69) is 40.1 Å². The summed E-state index contributed by atoms with van der Waals surface area (Å²) in [5.41, 5.74) is 6.01. The molecule has 14 rings (SSSR count). The summed E-state index contributed by atoms with van der Waals surface area (Å²) in [5.74, 6) is -5.92. The monoisotopic (exact) mass is 1610 g/mol. The summed E-state index contributed by atoms with van der Waals surface area (Å²) in [7, 11) is -2.73. The number of thiazole rings is 1. The molecule has 0 spiro atoms. The maximum atomic E-state index is 14.0. The molecule has 612 valence electrons. The smallest absolute Gasteiger partial charge is 0.409 e. The number of carboxylic acids is 2. The summed E-state index contributed by atoms with van der Waals surface area (Å²) in [6.45, 7) is 13.6. The molecule has 4 bridgehead atoms. The number of carboxylic acid groups (broad SMARTS) is 2. The molecule has 0 radical (unpaired) electrons. The Balaban J connectivity index is 0.625. The number of fused-ring (bicyclic) bond motifs is 2. The number of pyridine rings is 1. The number of aromatic nitrogens is 4. The second-order valence-electron chi connectivity index (χ2n) is 33.1. The van der Waals surface area contributed by atoms with Crippen LogP contribution in [-0.2, 0) is 85.6 Å². The zero-order chi connectivity index (χ0) is 81.5. The van der Waals surface area contributed by atoms with Crippen LogP contribution in [0.2, 0.25) is 0 Å². The van der Waals surface area contributed by atoms with Gasteiger partial charge >= 0.3 is 18.0 Å². The molecule has 7 heterocycles. The summed E-state index contributed by atoms with van der Waals surface area (Å²) in [5, 5.41) is 71.0. The Morgan fingerprint density at radius 1 is 0.842 bits per heavy atom. The minimum absolute atomic E-state index is 0.00943. The highest BCUT2D eigenvalue weighted by Gasteiger charge is 2.66. The lowest BCUT2D eigenvalue weighted by atomic mass is 9.39. The second-order valence-corrected chi connectivity index (χ2v) is 35.7. The van der Waals surface area contributed by atoms with Crippen molar-refractivity contribution in [1.29, 1.82) is 0 Å². The summed E-state index contributed by atoms with van der Waals surface area (Å²) >= 11 is 1.40. The van der Waals surface area contributed by atoms with Crippen LogP contribution in [0.15, 0.2) is 91.1 Å². The number of aliphatic hydroxyl groups is 3. The maximum absolute atomic E-state index is 14.0. The minimum Gasteiger partial charge on any atom is -0.479 e. The predicted octanol–water partition coefficient (Wildman–Crippen LogP) is 5.98. The summed E-state index contributed by atoms with van der Waals surface area (Å²) in [4.78, 5) is 121. The number of rotatable bonds is 33. The third-order valence-corrected chi connectivity index (χ3v) is 25.2. The van der Waals surface area contributed by atoms with Crippen LogP contribution in [0.5, 0.6) is 0 Å². The van der Waals surface area contributed by atoms with Crippen LogP contribution in [0.25, 0.3) is 21.3 Å². The van der Waals surface area contributed by atoms with E-state index in [-0.39, 0.29) is 92.0 Å². The van der Waals surface area contributed by atoms with Gasteiger partial charge in [-0.05, 0) is 159 Å². The molecule has 6 aromatic rings. The highest BCUT2D eigenvalue weighted by molar-refractivity contribution is 7.85. The predicted molar refractivity (Wildman–Crippen MR) is 418 cm³/mol. The van der Waals surface area contributed by atoms with E-state index in [1.54, 1.807) is 37.5 Å². The van der Waals surface area contributed by atoms with Gasteiger partial charge in [-0.1, -0.05) is 69.4 Å². The van der Waals surface area contributed by atoms with Crippen molar-refractivity contribution in [2.45, 2.75) is 186 Å². The second kappa shape index (κ2) is 33.5. The molecule has 2 unspecified atom stereocenters. The van der Waals surface area contributed by atoms with E-state index < -0.39 is 125 Å². The highest BCUT2D eigenvalue weighted by Crippen LogP contribution is 2.72. The van der Waals surface area contributed by atoms with Crippen LogP contribution in [0.4, 0.5) is 21.4 Å². The lowest BCUT2D eigenvalue weighted by Gasteiger charge is -2.69. The van der Waals surface area contributed by atoms with Gasteiger partial charge in [0.1, 0.15) is 36.8 Å².